The molecule has 1 aromatic carbocycles. The van der Waals surface area contributed by atoms with Crippen LogP contribution in [-0.2, 0) is 6.54 Å². The van der Waals surface area contributed by atoms with Gasteiger partial charge < -0.3 is 5.32 Å². The largest absolute Gasteiger partial charge is 0.307 e. The van der Waals surface area contributed by atoms with Gasteiger partial charge >= 0.3 is 0 Å². The molecule has 1 aromatic rings. The first-order valence-electron chi connectivity index (χ1n) is 7.81. The maximum absolute atomic E-state index is 6.35. The Hall–Kier alpha value is -0.0500. The molecule has 0 heterocycles. The molecule has 3 heteroatoms. The Morgan fingerprint density at radius 1 is 1.10 bits per heavy atom. The van der Waals surface area contributed by atoms with Gasteiger partial charge in [0, 0.05) is 21.6 Å². The van der Waals surface area contributed by atoms with Gasteiger partial charge in [-0.15, -0.1) is 0 Å². The van der Waals surface area contributed by atoms with Gasteiger partial charge in [0.25, 0.3) is 0 Å². The minimum Gasteiger partial charge on any atom is -0.307 e. The second-order valence-electron chi connectivity index (χ2n) is 7.29. The highest BCUT2D eigenvalue weighted by Crippen LogP contribution is 2.55. The summed E-state index contributed by atoms with van der Waals surface area (Å²) in [4.78, 5) is 0. The highest BCUT2D eigenvalue weighted by Gasteiger charge is 2.50. The van der Waals surface area contributed by atoms with E-state index in [1.807, 2.05) is 6.07 Å². The molecule has 20 heavy (non-hydrogen) atoms. The van der Waals surface area contributed by atoms with Crippen molar-refractivity contribution in [2.75, 3.05) is 0 Å². The molecular formula is C17H21BrClN. The minimum absolute atomic E-state index is 0.422. The van der Waals surface area contributed by atoms with E-state index < -0.39 is 0 Å². The Labute approximate surface area is 134 Å². The van der Waals surface area contributed by atoms with Gasteiger partial charge in [-0.05, 0) is 74.0 Å². The van der Waals surface area contributed by atoms with Crippen LogP contribution in [0.25, 0.3) is 0 Å². The van der Waals surface area contributed by atoms with Gasteiger partial charge in [0.05, 0.1) is 0 Å². The lowest BCUT2D eigenvalue weighted by molar-refractivity contribution is -0.0205. The summed E-state index contributed by atoms with van der Waals surface area (Å²) in [5.41, 5.74) is 1.65. The zero-order valence-electron chi connectivity index (χ0n) is 11.7. The molecule has 0 unspecified atom stereocenters. The number of rotatable bonds is 3. The smallest absolute Gasteiger partial charge is 0.0462 e. The van der Waals surface area contributed by atoms with Crippen molar-refractivity contribution < 1.29 is 0 Å². The molecular weight excluding hydrogens is 334 g/mol. The fourth-order valence-corrected chi connectivity index (χ4v) is 6.02. The summed E-state index contributed by atoms with van der Waals surface area (Å²) < 4.78 is 1.06. The van der Waals surface area contributed by atoms with Gasteiger partial charge in [-0.2, -0.15) is 0 Å². The maximum atomic E-state index is 6.35. The maximum Gasteiger partial charge on any atom is 0.0462 e. The van der Waals surface area contributed by atoms with Crippen LogP contribution in [-0.4, -0.2) is 5.54 Å². The number of hydrogen-bond donors (Lipinski definition) is 1. The predicted molar refractivity (Wildman–Crippen MR) is 86.9 cm³/mol. The average Bonchev–Trinajstić information content (AvgIpc) is 2.36. The Morgan fingerprint density at radius 2 is 1.70 bits per heavy atom. The van der Waals surface area contributed by atoms with Crippen LogP contribution in [0.1, 0.15) is 44.1 Å². The number of hydrogen-bond acceptors (Lipinski definition) is 1. The summed E-state index contributed by atoms with van der Waals surface area (Å²) in [6, 6.07) is 6.22. The Bertz CT molecular complexity index is 492. The molecule has 0 spiro atoms. The van der Waals surface area contributed by atoms with Gasteiger partial charge in [-0.25, -0.2) is 0 Å². The number of nitrogens with one attached hydrogen (secondary N) is 1. The predicted octanol–water partition coefficient (Wildman–Crippen LogP) is 5.16. The first-order chi connectivity index (χ1) is 9.62. The lowest BCUT2D eigenvalue weighted by Gasteiger charge is -2.57. The van der Waals surface area contributed by atoms with Crippen LogP contribution in [0.3, 0.4) is 0 Å². The minimum atomic E-state index is 0.422. The SMILES string of the molecule is Clc1cc(Br)ccc1CNC12CC3CC(CC(C3)C1)C2. The molecule has 4 bridgehead atoms. The third-order valence-corrected chi connectivity index (χ3v) is 6.55. The fraction of sp³-hybridized carbons (Fsp3) is 0.647. The number of benzene rings is 1. The average molecular weight is 355 g/mol. The second kappa shape index (κ2) is 5.00. The van der Waals surface area contributed by atoms with Gasteiger partial charge in [-0.1, -0.05) is 33.6 Å². The summed E-state index contributed by atoms with van der Waals surface area (Å²) >= 11 is 9.82. The lowest BCUT2D eigenvalue weighted by Crippen LogP contribution is -2.58. The van der Waals surface area contributed by atoms with E-state index in [1.165, 1.54) is 44.1 Å². The zero-order chi connectivity index (χ0) is 13.7. The number of halogens is 2. The van der Waals surface area contributed by atoms with Crippen LogP contribution >= 0.6 is 27.5 Å². The third-order valence-electron chi connectivity index (χ3n) is 5.71. The van der Waals surface area contributed by atoms with Crippen LogP contribution in [0.5, 0.6) is 0 Å². The molecule has 0 amide bonds. The highest BCUT2D eigenvalue weighted by molar-refractivity contribution is 9.10. The van der Waals surface area contributed by atoms with E-state index in [9.17, 15) is 0 Å². The molecule has 0 atom stereocenters. The van der Waals surface area contributed by atoms with Gasteiger partial charge in [0.1, 0.15) is 0 Å². The van der Waals surface area contributed by atoms with Crippen LogP contribution < -0.4 is 5.32 Å². The Balaban J connectivity index is 1.49. The van der Waals surface area contributed by atoms with Crippen molar-refractivity contribution in [2.45, 2.75) is 50.6 Å². The van der Waals surface area contributed by atoms with Crippen molar-refractivity contribution in [1.29, 1.82) is 0 Å². The summed E-state index contributed by atoms with van der Waals surface area (Å²) in [6.45, 7) is 0.915. The van der Waals surface area contributed by atoms with Crippen molar-refractivity contribution in [1.82, 2.24) is 5.32 Å². The molecule has 4 aliphatic carbocycles. The molecule has 0 aliphatic heterocycles. The molecule has 0 radical (unpaired) electrons. The lowest BCUT2D eigenvalue weighted by atomic mass is 9.53. The third kappa shape index (κ3) is 2.44. The molecule has 4 saturated carbocycles. The summed E-state index contributed by atoms with van der Waals surface area (Å²) in [6.07, 6.45) is 8.69. The van der Waals surface area contributed by atoms with Gasteiger partial charge in [-0.3, -0.25) is 0 Å². The monoisotopic (exact) mass is 353 g/mol. The highest BCUT2D eigenvalue weighted by atomic mass is 79.9. The van der Waals surface area contributed by atoms with E-state index in [-0.39, 0.29) is 0 Å². The molecule has 1 N–H and O–H groups in total. The molecule has 4 aliphatic rings. The van der Waals surface area contributed by atoms with E-state index in [4.69, 9.17) is 11.6 Å². The van der Waals surface area contributed by atoms with E-state index in [0.29, 0.717) is 5.54 Å². The first-order valence-corrected chi connectivity index (χ1v) is 8.98. The molecule has 0 aromatic heterocycles. The van der Waals surface area contributed by atoms with E-state index in [2.05, 4.69) is 33.4 Å². The first kappa shape index (κ1) is 13.6. The Morgan fingerprint density at radius 3 is 2.25 bits per heavy atom. The van der Waals surface area contributed by atoms with Crippen LogP contribution in [0, 0.1) is 17.8 Å². The topological polar surface area (TPSA) is 12.0 Å². The molecule has 108 valence electrons. The quantitative estimate of drug-likeness (QED) is 0.790. The molecule has 1 nitrogen and oxygen atoms in total. The van der Waals surface area contributed by atoms with E-state index >= 15 is 0 Å². The van der Waals surface area contributed by atoms with Crippen LogP contribution in [0.2, 0.25) is 5.02 Å². The van der Waals surface area contributed by atoms with Crippen molar-refractivity contribution >= 4 is 27.5 Å². The van der Waals surface area contributed by atoms with Crippen molar-refractivity contribution in [3.05, 3.63) is 33.3 Å². The van der Waals surface area contributed by atoms with Crippen LogP contribution in [0.4, 0.5) is 0 Å². The van der Waals surface area contributed by atoms with Crippen molar-refractivity contribution in [2.24, 2.45) is 17.8 Å². The van der Waals surface area contributed by atoms with Crippen molar-refractivity contribution in [3.8, 4) is 0 Å². The zero-order valence-corrected chi connectivity index (χ0v) is 14.0. The molecule has 0 saturated heterocycles. The normalized spacial score (nSPS) is 38.4. The second-order valence-corrected chi connectivity index (χ2v) is 8.61. The molecule has 5 rings (SSSR count). The van der Waals surface area contributed by atoms with Gasteiger partial charge in [0.2, 0.25) is 0 Å². The Kier molecular flexibility index (Phi) is 3.40. The standard InChI is InChI=1S/C17H21BrClN/c18-15-2-1-14(16(19)6-15)10-20-17-7-11-3-12(8-17)5-13(4-11)9-17/h1-2,6,11-13,20H,3-5,7-10H2. The fourth-order valence-electron chi connectivity index (χ4n) is 5.27. The van der Waals surface area contributed by atoms with Gasteiger partial charge in [0.15, 0.2) is 0 Å². The summed E-state index contributed by atoms with van der Waals surface area (Å²) in [7, 11) is 0. The summed E-state index contributed by atoms with van der Waals surface area (Å²) in [5.74, 6) is 2.98. The van der Waals surface area contributed by atoms with Crippen molar-refractivity contribution in [3.63, 3.8) is 0 Å². The van der Waals surface area contributed by atoms with Crippen LogP contribution in [0.15, 0.2) is 22.7 Å². The van der Waals surface area contributed by atoms with E-state index in [0.717, 1.165) is 33.8 Å². The molecule has 4 fully saturated rings. The van der Waals surface area contributed by atoms with E-state index in [1.54, 1.807) is 0 Å². The summed E-state index contributed by atoms with van der Waals surface area (Å²) in [5, 5.41) is 4.78.